The SMILES string of the molecule is COc1cc(C#CCCN)cc(OC)c1OC. The lowest BCUT2D eigenvalue weighted by Gasteiger charge is -2.12. The van der Waals surface area contributed by atoms with Crippen LogP contribution < -0.4 is 19.9 Å². The van der Waals surface area contributed by atoms with E-state index in [2.05, 4.69) is 11.8 Å². The fraction of sp³-hybridized carbons (Fsp3) is 0.385. The van der Waals surface area contributed by atoms with E-state index in [1.54, 1.807) is 21.3 Å². The molecule has 0 saturated carbocycles. The average Bonchev–Trinajstić information content (AvgIpc) is 2.37. The van der Waals surface area contributed by atoms with E-state index in [1.807, 2.05) is 12.1 Å². The van der Waals surface area contributed by atoms with Gasteiger partial charge in [-0.05, 0) is 12.1 Å². The van der Waals surface area contributed by atoms with E-state index in [-0.39, 0.29) is 0 Å². The highest BCUT2D eigenvalue weighted by atomic mass is 16.5. The molecule has 17 heavy (non-hydrogen) atoms. The molecule has 1 aromatic rings. The molecular weight excluding hydrogens is 218 g/mol. The molecule has 1 rings (SSSR count). The molecule has 4 nitrogen and oxygen atoms in total. The van der Waals surface area contributed by atoms with Crippen LogP contribution in [0.2, 0.25) is 0 Å². The van der Waals surface area contributed by atoms with Crippen LogP contribution in [0.4, 0.5) is 0 Å². The van der Waals surface area contributed by atoms with Gasteiger partial charge in [-0.2, -0.15) is 0 Å². The number of hydrogen-bond donors (Lipinski definition) is 1. The third-order valence-corrected chi connectivity index (χ3v) is 2.17. The highest BCUT2D eigenvalue weighted by Crippen LogP contribution is 2.37. The normalized spacial score (nSPS) is 9.18. The minimum Gasteiger partial charge on any atom is -0.493 e. The number of nitrogens with two attached hydrogens (primary N) is 1. The van der Waals surface area contributed by atoms with Gasteiger partial charge >= 0.3 is 0 Å². The molecule has 0 aliphatic rings. The monoisotopic (exact) mass is 235 g/mol. The summed E-state index contributed by atoms with van der Waals surface area (Å²) in [7, 11) is 4.73. The van der Waals surface area contributed by atoms with Crippen molar-refractivity contribution in [1.29, 1.82) is 0 Å². The summed E-state index contributed by atoms with van der Waals surface area (Å²) < 4.78 is 15.7. The number of benzene rings is 1. The molecular formula is C13H17NO3. The van der Waals surface area contributed by atoms with E-state index >= 15 is 0 Å². The second kappa shape index (κ2) is 6.66. The zero-order valence-electron chi connectivity index (χ0n) is 10.4. The molecule has 0 spiro atoms. The van der Waals surface area contributed by atoms with Crippen LogP contribution in [0.25, 0.3) is 0 Å². The van der Waals surface area contributed by atoms with Crippen LogP contribution in [-0.4, -0.2) is 27.9 Å². The van der Waals surface area contributed by atoms with Crippen molar-refractivity contribution in [1.82, 2.24) is 0 Å². The van der Waals surface area contributed by atoms with Crippen LogP contribution in [-0.2, 0) is 0 Å². The third kappa shape index (κ3) is 3.30. The first kappa shape index (κ1) is 13.2. The van der Waals surface area contributed by atoms with Crippen LogP contribution in [0.5, 0.6) is 17.2 Å². The van der Waals surface area contributed by atoms with E-state index in [0.29, 0.717) is 30.2 Å². The molecule has 0 bridgehead atoms. The van der Waals surface area contributed by atoms with E-state index in [1.165, 1.54) is 0 Å². The summed E-state index contributed by atoms with van der Waals surface area (Å²) in [5, 5.41) is 0. The fourth-order valence-electron chi connectivity index (χ4n) is 1.39. The zero-order valence-corrected chi connectivity index (χ0v) is 10.4. The van der Waals surface area contributed by atoms with Gasteiger partial charge in [0.25, 0.3) is 0 Å². The van der Waals surface area contributed by atoms with Crippen molar-refractivity contribution in [2.75, 3.05) is 27.9 Å². The first-order valence-electron chi connectivity index (χ1n) is 5.25. The standard InChI is InChI=1S/C13H17NO3/c1-15-11-8-10(6-4-5-7-14)9-12(16-2)13(11)17-3/h8-9H,5,7,14H2,1-3H3. The van der Waals surface area contributed by atoms with Crippen molar-refractivity contribution in [2.24, 2.45) is 5.73 Å². The Morgan fingerprint density at radius 1 is 1.06 bits per heavy atom. The van der Waals surface area contributed by atoms with Gasteiger partial charge < -0.3 is 19.9 Å². The van der Waals surface area contributed by atoms with Crippen molar-refractivity contribution in [3.05, 3.63) is 17.7 Å². The first-order chi connectivity index (χ1) is 8.26. The lowest BCUT2D eigenvalue weighted by Crippen LogP contribution is -1.96. The van der Waals surface area contributed by atoms with Gasteiger partial charge in [-0.1, -0.05) is 11.8 Å². The van der Waals surface area contributed by atoms with Crippen LogP contribution >= 0.6 is 0 Å². The molecule has 0 aromatic heterocycles. The predicted molar refractivity (Wildman–Crippen MR) is 66.6 cm³/mol. The van der Waals surface area contributed by atoms with Crippen LogP contribution in [0.15, 0.2) is 12.1 Å². The summed E-state index contributed by atoms with van der Waals surface area (Å²) in [5.74, 6) is 7.74. The Morgan fingerprint density at radius 2 is 1.65 bits per heavy atom. The molecule has 0 atom stereocenters. The molecule has 0 heterocycles. The van der Waals surface area contributed by atoms with E-state index in [9.17, 15) is 0 Å². The van der Waals surface area contributed by atoms with Crippen molar-refractivity contribution >= 4 is 0 Å². The Bertz CT molecular complexity index is 407. The summed E-state index contributed by atoms with van der Waals surface area (Å²) in [6.07, 6.45) is 0.663. The molecule has 4 heteroatoms. The Labute approximate surface area is 102 Å². The van der Waals surface area contributed by atoms with Crippen molar-refractivity contribution < 1.29 is 14.2 Å². The Morgan fingerprint density at radius 3 is 2.06 bits per heavy atom. The molecule has 2 N–H and O–H groups in total. The largest absolute Gasteiger partial charge is 0.493 e. The molecule has 0 fully saturated rings. The van der Waals surface area contributed by atoms with Gasteiger partial charge in [0.15, 0.2) is 11.5 Å². The van der Waals surface area contributed by atoms with Crippen LogP contribution in [0.3, 0.4) is 0 Å². The summed E-state index contributed by atoms with van der Waals surface area (Å²) in [6.45, 7) is 0.553. The average molecular weight is 235 g/mol. The summed E-state index contributed by atoms with van der Waals surface area (Å²) in [4.78, 5) is 0. The predicted octanol–water partition coefficient (Wildman–Crippen LogP) is 1.41. The first-order valence-corrected chi connectivity index (χ1v) is 5.25. The van der Waals surface area contributed by atoms with Gasteiger partial charge in [0.2, 0.25) is 5.75 Å². The topological polar surface area (TPSA) is 53.7 Å². The van der Waals surface area contributed by atoms with Gasteiger partial charge in [0.05, 0.1) is 21.3 Å². The molecule has 92 valence electrons. The van der Waals surface area contributed by atoms with Gasteiger partial charge in [-0.15, -0.1) is 0 Å². The van der Waals surface area contributed by atoms with Crippen LogP contribution in [0.1, 0.15) is 12.0 Å². The maximum absolute atomic E-state index is 5.38. The maximum Gasteiger partial charge on any atom is 0.203 e. The molecule has 0 aliphatic heterocycles. The molecule has 0 radical (unpaired) electrons. The van der Waals surface area contributed by atoms with Crippen molar-refractivity contribution in [3.63, 3.8) is 0 Å². The molecule has 0 amide bonds. The van der Waals surface area contributed by atoms with Gasteiger partial charge in [-0.3, -0.25) is 0 Å². The van der Waals surface area contributed by atoms with Crippen molar-refractivity contribution in [3.8, 4) is 29.1 Å². The highest BCUT2D eigenvalue weighted by Gasteiger charge is 2.11. The summed E-state index contributed by atoms with van der Waals surface area (Å²) >= 11 is 0. The molecule has 0 aliphatic carbocycles. The summed E-state index contributed by atoms with van der Waals surface area (Å²) in [6, 6.07) is 3.62. The second-order valence-corrected chi connectivity index (χ2v) is 3.25. The number of ether oxygens (including phenoxy) is 3. The molecule has 0 saturated heterocycles. The van der Waals surface area contributed by atoms with E-state index < -0.39 is 0 Å². The molecule has 0 unspecified atom stereocenters. The van der Waals surface area contributed by atoms with Gasteiger partial charge in [-0.25, -0.2) is 0 Å². The fourth-order valence-corrected chi connectivity index (χ4v) is 1.39. The van der Waals surface area contributed by atoms with Gasteiger partial charge in [0.1, 0.15) is 0 Å². The van der Waals surface area contributed by atoms with E-state index in [0.717, 1.165) is 5.56 Å². The summed E-state index contributed by atoms with van der Waals surface area (Å²) in [5.41, 5.74) is 6.19. The Hall–Kier alpha value is -1.86. The lowest BCUT2D eigenvalue weighted by atomic mass is 10.2. The minimum atomic E-state index is 0.553. The van der Waals surface area contributed by atoms with Crippen LogP contribution in [0, 0.1) is 11.8 Å². The number of rotatable bonds is 4. The third-order valence-electron chi connectivity index (χ3n) is 2.17. The van der Waals surface area contributed by atoms with Crippen molar-refractivity contribution in [2.45, 2.75) is 6.42 Å². The minimum absolute atomic E-state index is 0.553. The quantitative estimate of drug-likeness (QED) is 0.802. The number of methoxy groups -OCH3 is 3. The van der Waals surface area contributed by atoms with E-state index in [4.69, 9.17) is 19.9 Å². The lowest BCUT2D eigenvalue weighted by molar-refractivity contribution is 0.324. The second-order valence-electron chi connectivity index (χ2n) is 3.25. The van der Waals surface area contributed by atoms with Gasteiger partial charge in [0, 0.05) is 18.5 Å². The highest BCUT2D eigenvalue weighted by molar-refractivity contribution is 5.57. The number of hydrogen-bond acceptors (Lipinski definition) is 4. The Balaban J connectivity index is 3.14. The molecule has 1 aromatic carbocycles. The zero-order chi connectivity index (χ0) is 12.7. The smallest absolute Gasteiger partial charge is 0.203 e. The maximum atomic E-state index is 5.38. The Kier molecular flexibility index (Phi) is 5.18.